The number of amides is 1. The molecule has 1 saturated carbocycles. The van der Waals surface area contributed by atoms with E-state index in [2.05, 4.69) is 9.50 Å². The first kappa shape index (κ1) is 23.3. The Bertz CT molecular complexity index is 539. The zero-order valence-electron chi connectivity index (χ0n) is 14.7. The summed E-state index contributed by atoms with van der Waals surface area (Å²) in [5.41, 5.74) is 0. The Morgan fingerprint density at radius 3 is 2.40 bits per heavy atom. The van der Waals surface area contributed by atoms with E-state index in [9.17, 15) is 22.9 Å². The Morgan fingerprint density at radius 2 is 1.88 bits per heavy atom. The maximum Gasteiger partial charge on any atom is 1.00 e. The van der Waals surface area contributed by atoms with Crippen LogP contribution < -0.4 is 34.9 Å². The number of carbonyl (C=O) groups is 1. The van der Waals surface area contributed by atoms with Crippen LogP contribution in [0, 0.1) is 0 Å². The summed E-state index contributed by atoms with van der Waals surface area (Å²) in [6.45, 7) is 2.73. The number of carbonyl (C=O) groups excluding carboxylic acids is 1. The second-order valence-corrected chi connectivity index (χ2v) is 7.30. The van der Waals surface area contributed by atoms with Gasteiger partial charge in [-0.3, -0.25) is 8.98 Å². The molecule has 0 spiro atoms. The summed E-state index contributed by atoms with van der Waals surface area (Å²) in [6.07, 6.45) is 0.111. The molecule has 9 nitrogen and oxygen atoms in total. The van der Waals surface area contributed by atoms with Crippen LogP contribution in [0.25, 0.3) is 0 Å². The molecule has 0 aromatic rings. The molecular formula is C14H24NNaO8S. The van der Waals surface area contributed by atoms with Gasteiger partial charge in [0, 0.05) is 6.92 Å². The third kappa shape index (κ3) is 7.04. The Balaban J connectivity index is 0.00000312. The van der Waals surface area contributed by atoms with Crippen molar-refractivity contribution in [1.82, 2.24) is 5.32 Å². The monoisotopic (exact) mass is 389 g/mol. The number of aliphatic hydroxyl groups is 1. The van der Waals surface area contributed by atoms with Gasteiger partial charge in [-0.05, 0) is 19.8 Å². The van der Waals surface area contributed by atoms with Crippen molar-refractivity contribution in [2.75, 3.05) is 0 Å². The third-order valence-electron chi connectivity index (χ3n) is 4.29. The molecule has 2 aliphatic rings. The maximum atomic E-state index is 11.4. The van der Waals surface area contributed by atoms with Gasteiger partial charge in [-0.2, -0.15) is 0 Å². The van der Waals surface area contributed by atoms with E-state index in [0.717, 1.165) is 32.1 Å². The van der Waals surface area contributed by atoms with Crippen LogP contribution in [0.4, 0.5) is 0 Å². The molecule has 1 aliphatic heterocycles. The smallest absolute Gasteiger partial charge is 0.726 e. The molecule has 0 radical (unpaired) electrons. The van der Waals surface area contributed by atoms with Crippen LogP contribution in [0.1, 0.15) is 46.0 Å². The number of hydrogen-bond donors (Lipinski definition) is 2. The van der Waals surface area contributed by atoms with Crippen molar-refractivity contribution in [1.29, 1.82) is 0 Å². The van der Waals surface area contributed by atoms with Gasteiger partial charge in [-0.15, -0.1) is 0 Å². The van der Waals surface area contributed by atoms with Crippen molar-refractivity contribution in [3.8, 4) is 0 Å². The van der Waals surface area contributed by atoms with Crippen LogP contribution in [0.2, 0.25) is 0 Å². The SMILES string of the molecule is CC(=O)N[C@H]1[C@H](OC2CCCCC2)O[C@H](C)[C@H](OS(=O)(=O)[O-])[C@@H]1O.[Na+]. The van der Waals surface area contributed by atoms with Gasteiger partial charge in [0.2, 0.25) is 16.3 Å². The van der Waals surface area contributed by atoms with Crippen molar-refractivity contribution >= 4 is 16.3 Å². The van der Waals surface area contributed by atoms with Gasteiger partial charge >= 0.3 is 29.6 Å². The Labute approximate surface area is 170 Å². The molecule has 2 N–H and O–H groups in total. The summed E-state index contributed by atoms with van der Waals surface area (Å²) < 4.78 is 48.4. The molecular weight excluding hydrogens is 365 g/mol. The molecule has 1 saturated heterocycles. The van der Waals surface area contributed by atoms with Crippen molar-refractivity contribution < 1.29 is 66.1 Å². The molecule has 25 heavy (non-hydrogen) atoms. The normalized spacial score (nSPS) is 34.2. The molecule has 1 amide bonds. The fourth-order valence-corrected chi connectivity index (χ4v) is 3.73. The molecule has 0 bridgehead atoms. The Hall–Kier alpha value is 0.220. The van der Waals surface area contributed by atoms with Gasteiger partial charge < -0.3 is 24.4 Å². The van der Waals surface area contributed by atoms with Crippen molar-refractivity contribution in [3.63, 3.8) is 0 Å². The average molecular weight is 389 g/mol. The van der Waals surface area contributed by atoms with E-state index in [1.165, 1.54) is 13.8 Å². The maximum absolute atomic E-state index is 11.4. The quantitative estimate of drug-likeness (QED) is 0.285. The summed E-state index contributed by atoms with van der Waals surface area (Å²) >= 11 is 0. The van der Waals surface area contributed by atoms with Crippen LogP contribution in [-0.2, 0) is 28.9 Å². The first-order chi connectivity index (χ1) is 11.2. The zero-order valence-corrected chi connectivity index (χ0v) is 17.5. The van der Waals surface area contributed by atoms with Crippen molar-refractivity contribution in [3.05, 3.63) is 0 Å². The van der Waals surface area contributed by atoms with E-state index in [4.69, 9.17) is 9.47 Å². The molecule has 140 valence electrons. The molecule has 2 fully saturated rings. The van der Waals surface area contributed by atoms with E-state index >= 15 is 0 Å². The summed E-state index contributed by atoms with van der Waals surface area (Å²) in [6, 6.07) is -1.03. The van der Waals surface area contributed by atoms with Gasteiger partial charge in [0.15, 0.2) is 6.29 Å². The van der Waals surface area contributed by atoms with E-state index in [1.54, 1.807) is 0 Å². The fourth-order valence-electron chi connectivity index (χ4n) is 3.18. The molecule has 0 unspecified atom stereocenters. The second-order valence-electron chi connectivity index (χ2n) is 6.29. The number of ether oxygens (including phenoxy) is 2. The van der Waals surface area contributed by atoms with Crippen LogP contribution in [-0.4, -0.2) is 60.7 Å². The molecule has 5 atom stereocenters. The summed E-state index contributed by atoms with van der Waals surface area (Å²) in [4.78, 5) is 11.4. The second kappa shape index (κ2) is 9.95. The van der Waals surface area contributed by atoms with Crippen LogP contribution in [0.5, 0.6) is 0 Å². The standard InChI is InChI=1S/C14H25NO8S.Na/c1-8-13(23-24(18,19)20)12(17)11(15-9(2)16)14(21-8)22-10-6-4-3-5-7-10;/h8,10-14,17H,3-7H2,1-2H3,(H,15,16)(H,18,19,20);/q;+1/p-1/t8-,11-,12-,13+,14+;/m1./s1. The van der Waals surface area contributed by atoms with Gasteiger partial charge in [0.05, 0.1) is 12.2 Å². The minimum atomic E-state index is -5.03. The van der Waals surface area contributed by atoms with E-state index in [0.29, 0.717) is 0 Å². The fraction of sp³-hybridized carbons (Fsp3) is 0.929. The number of aliphatic hydroxyl groups excluding tert-OH is 1. The predicted octanol–water partition coefficient (Wildman–Crippen LogP) is -3.20. The molecule has 0 aromatic carbocycles. The molecule has 1 heterocycles. The van der Waals surface area contributed by atoms with Crippen LogP contribution in [0.15, 0.2) is 0 Å². The summed E-state index contributed by atoms with van der Waals surface area (Å²) in [5.74, 6) is -0.446. The van der Waals surface area contributed by atoms with Gasteiger partial charge in [-0.1, -0.05) is 19.3 Å². The number of rotatable bonds is 5. The molecule has 2 rings (SSSR count). The first-order valence-electron chi connectivity index (χ1n) is 8.07. The zero-order chi connectivity index (χ0) is 17.9. The van der Waals surface area contributed by atoms with Crippen molar-refractivity contribution in [2.45, 2.75) is 82.7 Å². The minimum absolute atomic E-state index is 0. The first-order valence-corrected chi connectivity index (χ1v) is 9.41. The topological polar surface area (TPSA) is 134 Å². The van der Waals surface area contributed by atoms with E-state index < -0.39 is 46.9 Å². The van der Waals surface area contributed by atoms with Crippen LogP contribution in [0.3, 0.4) is 0 Å². The van der Waals surface area contributed by atoms with Crippen LogP contribution >= 0.6 is 0 Å². The third-order valence-corrected chi connectivity index (χ3v) is 4.74. The Kier molecular flexibility index (Phi) is 9.26. The molecule has 1 aliphatic carbocycles. The minimum Gasteiger partial charge on any atom is -0.726 e. The van der Waals surface area contributed by atoms with Gasteiger partial charge in [-0.25, -0.2) is 8.42 Å². The largest absolute Gasteiger partial charge is 1.00 e. The van der Waals surface area contributed by atoms with Crippen molar-refractivity contribution in [2.24, 2.45) is 0 Å². The Morgan fingerprint density at radius 1 is 1.28 bits per heavy atom. The molecule has 0 aromatic heterocycles. The molecule has 11 heteroatoms. The number of nitrogens with one attached hydrogen (secondary N) is 1. The van der Waals surface area contributed by atoms with E-state index in [1.807, 2.05) is 0 Å². The van der Waals surface area contributed by atoms with Gasteiger partial charge in [0.1, 0.15) is 18.2 Å². The van der Waals surface area contributed by atoms with E-state index in [-0.39, 0.29) is 35.7 Å². The summed E-state index contributed by atoms with van der Waals surface area (Å²) in [5, 5.41) is 12.9. The number of hydrogen-bond acceptors (Lipinski definition) is 8. The predicted molar refractivity (Wildman–Crippen MR) is 80.5 cm³/mol. The van der Waals surface area contributed by atoms with Gasteiger partial charge in [0.25, 0.3) is 0 Å². The summed E-state index contributed by atoms with van der Waals surface area (Å²) in [7, 11) is -5.03. The average Bonchev–Trinajstić information content (AvgIpc) is 2.47.